The zero-order valence-corrected chi connectivity index (χ0v) is 17.0. The Balaban J connectivity index is 0.00000235. The minimum atomic E-state index is -0.277. The van der Waals surface area contributed by atoms with Crippen molar-refractivity contribution in [3.63, 3.8) is 0 Å². The fraction of sp³-hybridized carbons (Fsp3) is 0.217. The Bertz CT molecular complexity index is 821. The molecule has 0 heterocycles. The zero-order valence-electron chi connectivity index (χ0n) is 17.0. The standard InChI is InChI=1S/C21H22FN3.C2H6.H3N/c1-15-13-21(24)19(14-17(15)5-3-4-12-25-2)20(23)11-8-16-6-9-18(22)10-7-16;1-2;/h4,6-14,23H,2-3,5,24H2,1H3;1-2H3;1H3/b11-8+,12-4-,23-20?;;. The minimum absolute atomic E-state index is 0. The predicted molar refractivity (Wildman–Crippen MR) is 121 cm³/mol. The number of benzene rings is 2. The van der Waals surface area contributed by atoms with E-state index in [1.165, 1.54) is 12.1 Å². The molecule has 0 saturated carbocycles. The first-order valence-electron chi connectivity index (χ1n) is 9.03. The van der Waals surface area contributed by atoms with E-state index in [1.807, 2.05) is 39.0 Å². The van der Waals surface area contributed by atoms with Crippen LogP contribution in [0.5, 0.6) is 0 Å². The fourth-order valence-corrected chi connectivity index (χ4v) is 2.51. The van der Waals surface area contributed by atoms with E-state index in [-0.39, 0.29) is 12.0 Å². The molecule has 0 unspecified atom stereocenters. The molecule has 0 radical (unpaired) electrons. The molecule has 4 nitrogen and oxygen atoms in total. The van der Waals surface area contributed by atoms with E-state index in [9.17, 15) is 4.39 Å². The zero-order chi connectivity index (χ0) is 20.2. The fourth-order valence-electron chi connectivity index (χ4n) is 2.51. The first kappa shape index (κ1) is 24.9. The molecule has 0 aliphatic heterocycles. The van der Waals surface area contributed by atoms with Gasteiger partial charge in [0.25, 0.3) is 0 Å². The SMILES string of the molecule is C=N/C=C\CCc1cc(C(=N)/C=C/c2ccc(F)cc2)c(N)cc1C.CC.N. The highest BCUT2D eigenvalue weighted by atomic mass is 19.1. The number of nitrogen functional groups attached to an aromatic ring is 1. The number of nitrogens with one attached hydrogen (secondary N) is 1. The maximum absolute atomic E-state index is 12.9. The van der Waals surface area contributed by atoms with E-state index < -0.39 is 0 Å². The number of hydrogen-bond acceptors (Lipinski definition) is 4. The van der Waals surface area contributed by atoms with E-state index in [0.29, 0.717) is 17.0 Å². The summed E-state index contributed by atoms with van der Waals surface area (Å²) in [5, 5.41) is 8.29. The first-order chi connectivity index (χ1) is 13.0. The van der Waals surface area contributed by atoms with Crippen molar-refractivity contribution in [2.24, 2.45) is 4.99 Å². The van der Waals surface area contributed by atoms with E-state index in [2.05, 4.69) is 11.7 Å². The Labute approximate surface area is 167 Å². The summed E-state index contributed by atoms with van der Waals surface area (Å²) in [7, 11) is 0. The van der Waals surface area contributed by atoms with Crippen LogP contribution in [-0.4, -0.2) is 12.4 Å². The smallest absolute Gasteiger partial charge is 0.123 e. The molecular weight excluding hydrogens is 351 g/mol. The molecular formula is C23H31FN4. The van der Waals surface area contributed by atoms with Gasteiger partial charge in [-0.3, -0.25) is 4.99 Å². The number of rotatable bonds is 7. The van der Waals surface area contributed by atoms with Crippen molar-refractivity contribution in [3.8, 4) is 0 Å². The largest absolute Gasteiger partial charge is 0.398 e. The lowest BCUT2D eigenvalue weighted by Crippen LogP contribution is -2.04. The van der Waals surface area contributed by atoms with Crippen LogP contribution in [0.4, 0.5) is 10.1 Å². The summed E-state index contributed by atoms with van der Waals surface area (Å²) in [6, 6.07) is 10.0. The van der Waals surface area contributed by atoms with Gasteiger partial charge in [0, 0.05) is 17.5 Å². The van der Waals surface area contributed by atoms with Gasteiger partial charge in [-0.1, -0.05) is 38.1 Å². The monoisotopic (exact) mass is 382 g/mol. The van der Waals surface area contributed by atoms with Gasteiger partial charge in [-0.25, -0.2) is 4.39 Å². The van der Waals surface area contributed by atoms with Crippen molar-refractivity contribution in [2.75, 3.05) is 5.73 Å². The van der Waals surface area contributed by atoms with Crippen molar-refractivity contribution in [1.29, 1.82) is 5.41 Å². The number of nitrogens with zero attached hydrogens (tertiary/aromatic N) is 1. The van der Waals surface area contributed by atoms with Gasteiger partial charge in [-0.05, 0) is 73.5 Å². The molecule has 5 heteroatoms. The molecule has 0 bridgehead atoms. The highest BCUT2D eigenvalue weighted by Crippen LogP contribution is 2.21. The molecule has 0 spiro atoms. The third-order valence-electron chi connectivity index (χ3n) is 3.90. The minimum Gasteiger partial charge on any atom is -0.398 e. The van der Waals surface area contributed by atoms with Crippen LogP contribution in [0.25, 0.3) is 6.08 Å². The van der Waals surface area contributed by atoms with Crippen LogP contribution in [0.3, 0.4) is 0 Å². The van der Waals surface area contributed by atoms with Gasteiger partial charge >= 0.3 is 0 Å². The molecule has 0 aromatic heterocycles. The van der Waals surface area contributed by atoms with Crippen LogP contribution in [-0.2, 0) is 6.42 Å². The Morgan fingerprint density at radius 3 is 2.46 bits per heavy atom. The normalized spacial score (nSPS) is 10.3. The summed E-state index contributed by atoms with van der Waals surface area (Å²) in [5.41, 5.74) is 10.8. The van der Waals surface area contributed by atoms with Crippen molar-refractivity contribution < 1.29 is 4.39 Å². The number of aryl methyl sites for hydroxylation is 2. The second-order valence-electron chi connectivity index (χ2n) is 5.77. The van der Waals surface area contributed by atoms with Crippen LogP contribution >= 0.6 is 0 Å². The number of hydrogen-bond donors (Lipinski definition) is 3. The Hall–Kier alpha value is -3.05. The van der Waals surface area contributed by atoms with Gasteiger partial charge in [0.2, 0.25) is 0 Å². The van der Waals surface area contributed by atoms with Crippen molar-refractivity contribution in [3.05, 3.63) is 82.8 Å². The molecule has 2 aromatic rings. The summed E-state index contributed by atoms with van der Waals surface area (Å²) < 4.78 is 12.9. The van der Waals surface area contributed by atoms with Gasteiger partial charge < -0.3 is 17.3 Å². The van der Waals surface area contributed by atoms with Gasteiger partial charge in [0.1, 0.15) is 5.82 Å². The lowest BCUT2D eigenvalue weighted by Gasteiger charge is -2.11. The van der Waals surface area contributed by atoms with Gasteiger partial charge in [-0.2, -0.15) is 0 Å². The van der Waals surface area contributed by atoms with E-state index in [1.54, 1.807) is 30.5 Å². The maximum Gasteiger partial charge on any atom is 0.123 e. The Morgan fingerprint density at radius 1 is 1.21 bits per heavy atom. The molecule has 0 aliphatic carbocycles. The first-order valence-corrected chi connectivity index (χ1v) is 9.03. The second-order valence-corrected chi connectivity index (χ2v) is 5.77. The summed E-state index contributed by atoms with van der Waals surface area (Å²) >= 11 is 0. The average Bonchev–Trinajstić information content (AvgIpc) is 2.67. The summed E-state index contributed by atoms with van der Waals surface area (Å²) in [6.07, 6.45) is 8.80. The molecule has 0 saturated heterocycles. The molecule has 0 amide bonds. The number of aliphatic imine (C=N–C) groups is 1. The molecule has 2 aromatic carbocycles. The molecule has 28 heavy (non-hydrogen) atoms. The summed E-state index contributed by atoms with van der Waals surface area (Å²) in [4.78, 5) is 3.69. The topological polar surface area (TPSA) is 97.2 Å². The number of allylic oxidation sites excluding steroid dienone is 2. The average molecular weight is 383 g/mol. The van der Waals surface area contributed by atoms with Crippen LogP contribution < -0.4 is 11.9 Å². The Morgan fingerprint density at radius 2 is 1.86 bits per heavy atom. The van der Waals surface area contributed by atoms with Crippen LogP contribution in [0, 0.1) is 18.2 Å². The third kappa shape index (κ3) is 7.68. The predicted octanol–water partition coefficient (Wildman–Crippen LogP) is 6.13. The van der Waals surface area contributed by atoms with Gasteiger partial charge in [0.15, 0.2) is 0 Å². The van der Waals surface area contributed by atoms with Crippen molar-refractivity contribution >= 4 is 24.2 Å². The van der Waals surface area contributed by atoms with Crippen molar-refractivity contribution in [1.82, 2.24) is 6.15 Å². The Kier molecular flexibility index (Phi) is 11.7. The number of anilines is 1. The highest BCUT2D eigenvalue weighted by molar-refractivity contribution is 6.12. The highest BCUT2D eigenvalue weighted by Gasteiger charge is 2.08. The molecule has 0 fully saturated rings. The lowest BCUT2D eigenvalue weighted by molar-refractivity contribution is 0.628. The lowest BCUT2D eigenvalue weighted by atomic mass is 9.96. The van der Waals surface area contributed by atoms with Crippen LogP contribution in [0.15, 0.2) is 59.7 Å². The second kappa shape index (κ2) is 13.2. The summed E-state index contributed by atoms with van der Waals surface area (Å²) in [6.45, 7) is 9.43. The van der Waals surface area contributed by atoms with E-state index >= 15 is 0 Å². The number of nitrogens with two attached hydrogens (primary N) is 1. The van der Waals surface area contributed by atoms with E-state index in [0.717, 1.165) is 29.5 Å². The van der Waals surface area contributed by atoms with Crippen LogP contribution in [0.2, 0.25) is 0 Å². The van der Waals surface area contributed by atoms with Crippen LogP contribution in [0.1, 0.15) is 42.5 Å². The van der Waals surface area contributed by atoms with Gasteiger partial charge in [-0.15, -0.1) is 0 Å². The third-order valence-corrected chi connectivity index (χ3v) is 3.90. The molecule has 0 atom stereocenters. The number of halogens is 1. The van der Waals surface area contributed by atoms with E-state index in [4.69, 9.17) is 11.1 Å². The quantitative estimate of drug-likeness (QED) is 0.396. The van der Waals surface area contributed by atoms with Gasteiger partial charge in [0.05, 0.1) is 5.71 Å². The molecule has 2 rings (SSSR count). The molecule has 6 N–H and O–H groups in total. The molecule has 0 aliphatic rings. The molecule has 150 valence electrons. The van der Waals surface area contributed by atoms with Crippen molar-refractivity contribution in [2.45, 2.75) is 33.6 Å². The maximum atomic E-state index is 12.9. The summed E-state index contributed by atoms with van der Waals surface area (Å²) in [5.74, 6) is -0.277.